The highest BCUT2D eigenvalue weighted by molar-refractivity contribution is 5.95. The second-order valence-electron chi connectivity index (χ2n) is 4.33. The second kappa shape index (κ2) is 5.47. The minimum absolute atomic E-state index is 0.197. The number of carbonyl (C=O) groups excluding carboxylic acids is 1. The molecule has 0 fully saturated rings. The highest BCUT2D eigenvalue weighted by Gasteiger charge is 2.22. The van der Waals surface area contributed by atoms with Gasteiger partial charge in [-0.2, -0.15) is 5.10 Å². The predicted octanol–water partition coefficient (Wildman–Crippen LogP) is 0.649. The number of hydrogen-bond donors (Lipinski definition) is 2. The molecule has 94 valence electrons. The summed E-state index contributed by atoms with van der Waals surface area (Å²) in [5.74, 6) is -1.24. The average molecular weight is 239 g/mol. The zero-order chi connectivity index (χ0) is 13.0. The van der Waals surface area contributed by atoms with Crippen LogP contribution in [0.3, 0.4) is 0 Å². The standard InChI is InChI=1S/C11H17N3O3/c1-7(2)6-8(11(16)17)13-10(15)9-4-5-12-14(9)3/h4-5,7-8H,6H2,1-3H3,(H,13,15)(H,16,17)/t8-/m0/s1. The molecule has 6 heteroatoms. The minimum atomic E-state index is -1.02. The van der Waals surface area contributed by atoms with E-state index in [0.29, 0.717) is 12.1 Å². The van der Waals surface area contributed by atoms with Gasteiger partial charge in [0.15, 0.2) is 0 Å². The fourth-order valence-corrected chi connectivity index (χ4v) is 1.52. The molecule has 0 bridgehead atoms. The van der Waals surface area contributed by atoms with E-state index in [1.54, 1.807) is 13.1 Å². The molecule has 1 heterocycles. The van der Waals surface area contributed by atoms with Crippen LogP contribution in [-0.4, -0.2) is 32.8 Å². The van der Waals surface area contributed by atoms with Gasteiger partial charge in [-0.05, 0) is 18.4 Å². The average Bonchev–Trinajstić information content (AvgIpc) is 2.62. The van der Waals surface area contributed by atoms with Crippen LogP contribution in [0.15, 0.2) is 12.3 Å². The predicted molar refractivity (Wildman–Crippen MR) is 61.6 cm³/mol. The largest absolute Gasteiger partial charge is 0.480 e. The number of nitrogens with zero attached hydrogens (tertiary/aromatic N) is 2. The molecule has 2 N–H and O–H groups in total. The van der Waals surface area contributed by atoms with Crippen LogP contribution in [-0.2, 0) is 11.8 Å². The molecule has 1 rings (SSSR count). The number of aliphatic carboxylic acids is 1. The summed E-state index contributed by atoms with van der Waals surface area (Å²) in [4.78, 5) is 22.8. The Labute approximate surface area is 99.6 Å². The van der Waals surface area contributed by atoms with E-state index in [9.17, 15) is 9.59 Å². The first-order chi connectivity index (χ1) is 7.91. The van der Waals surface area contributed by atoms with Crippen LogP contribution in [0.2, 0.25) is 0 Å². The fourth-order valence-electron chi connectivity index (χ4n) is 1.52. The first kappa shape index (κ1) is 13.2. The maximum Gasteiger partial charge on any atom is 0.326 e. The van der Waals surface area contributed by atoms with Crippen LogP contribution in [0, 0.1) is 5.92 Å². The zero-order valence-corrected chi connectivity index (χ0v) is 10.2. The Morgan fingerprint density at radius 3 is 2.59 bits per heavy atom. The summed E-state index contributed by atoms with van der Waals surface area (Å²) in [6.45, 7) is 3.82. The lowest BCUT2D eigenvalue weighted by Crippen LogP contribution is -2.42. The topological polar surface area (TPSA) is 84.2 Å². The van der Waals surface area contributed by atoms with Crippen LogP contribution >= 0.6 is 0 Å². The Balaban J connectivity index is 2.71. The summed E-state index contributed by atoms with van der Waals surface area (Å²) in [6.07, 6.45) is 1.89. The maximum absolute atomic E-state index is 11.8. The lowest BCUT2D eigenvalue weighted by Gasteiger charge is -2.16. The van der Waals surface area contributed by atoms with Gasteiger partial charge in [0, 0.05) is 13.2 Å². The third-order valence-corrected chi connectivity index (χ3v) is 2.36. The summed E-state index contributed by atoms with van der Waals surface area (Å²) >= 11 is 0. The zero-order valence-electron chi connectivity index (χ0n) is 10.2. The van der Waals surface area contributed by atoms with E-state index in [0.717, 1.165) is 0 Å². The second-order valence-corrected chi connectivity index (χ2v) is 4.33. The summed E-state index contributed by atoms with van der Waals surface area (Å²) in [7, 11) is 1.63. The first-order valence-electron chi connectivity index (χ1n) is 5.43. The highest BCUT2D eigenvalue weighted by atomic mass is 16.4. The van der Waals surface area contributed by atoms with Gasteiger partial charge in [-0.1, -0.05) is 13.8 Å². The monoisotopic (exact) mass is 239 g/mol. The van der Waals surface area contributed by atoms with E-state index in [-0.39, 0.29) is 5.92 Å². The summed E-state index contributed by atoms with van der Waals surface area (Å²) in [5, 5.41) is 15.4. The molecule has 0 aliphatic heterocycles. The number of aromatic nitrogens is 2. The molecule has 1 aromatic heterocycles. The molecular weight excluding hydrogens is 222 g/mol. The van der Waals surface area contributed by atoms with Crippen molar-refractivity contribution in [3.8, 4) is 0 Å². The molecule has 0 saturated heterocycles. The molecule has 0 radical (unpaired) electrons. The molecule has 0 unspecified atom stereocenters. The smallest absolute Gasteiger partial charge is 0.326 e. The number of hydrogen-bond acceptors (Lipinski definition) is 3. The highest BCUT2D eigenvalue weighted by Crippen LogP contribution is 2.06. The van der Waals surface area contributed by atoms with Gasteiger partial charge in [0.25, 0.3) is 5.91 Å². The Bertz CT molecular complexity index is 412. The Morgan fingerprint density at radius 1 is 1.53 bits per heavy atom. The van der Waals surface area contributed by atoms with Crippen LogP contribution in [0.1, 0.15) is 30.8 Å². The van der Waals surface area contributed by atoms with Crippen molar-refractivity contribution in [3.63, 3.8) is 0 Å². The van der Waals surface area contributed by atoms with Gasteiger partial charge >= 0.3 is 5.97 Å². The van der Waals surface area contributed by atoms with E-state index < -0.39 is 17.9 Å². The van der Waals surface area contributed by atoms with E-state index in [2.05, 4.69) is 10.4 Å². The van der Waals surface area contributed by atoms with Gasteiger partial charge in [-0.15, -0.1) is 0 Å². The lowest BCUT2D eigenvalue weighted by atomic mass is 10.0. The Morgan fingerprint density at radius 2 is 2.18 bits per heavy atom. The van der Waals surface area contributed by atoms with E-state index in [1.807, 2.05) is 13.8 Å². The number of aryl methyl sites for hydroxylation is 1. The lowest BCUT2D eigenvalue weighted by molar-refractivity contribution is -0.139. The minimum Gasteiger partial charge on any atom is -0.480 e. The Hall–Kier alpha value is -1.85. The SMILES string of the molecule is CC(C)C[C@H](NC(=O)c1ccnn1C)C(=O)O. The molecule has 1 atom stereocenters. The molecule has 0 aliphatic carbocycles. The van der Waals surface area contributed by atoms with Crippen molar-refractivity contribution in [3.05, 3.63) is 18.0 Å². The van der Waals surface area contributed by atoms with Crippen LogP contribution in [0.25, 0.3) is 0 Å². The summed E-state index contributed by atoms with van der Waals surface area (Å²) in [6, 6.07) is 0.682. The van der Waals surface area contributed by atoms with Gasteiger partial charge in [0.2, 0.25) is 0 Å². The molecule has 0 saturated carbocycles. The van der Waals surface area contributed by atoms with Crippen molar-refractivity contribution < 1.29 is 14.7 Å². The molecule has 6 nitrogen and oxygen atoms in total. The van der Waals surface area contributed by atoms with E-state index >= 15 is 0 Å². The van der Waals surface area contributed by atoms with Crippen molar-refractivity contribution in [2.75, 3.05) is 0 Å². The maximum atomic E-state index is 11.8. The number of amides is 1. The van der Waals surface area contributed by atoms with Gasteiger partial charge < -0.3 is 10.4 Å². The van der Waals surface area contributed by atoms with E-state index in [4.69, 9.17) is 5.11 Å². The molecule has 0 aliphatic rings. The van der Waals surface area contributed by atoms with Crippen molar-refractivity contribution in [1.29, 1.82) is 0 Å². The fraction of sp³-hybridized carbons (Fsp3) is 0.545. The van der Waals surface area contributed by atoms with Crippen LogP contribution in [0.4, 0.5) is 0 Å². The Kier molecular flexibility index (Phi) is 4.25. The van der Waals surface area contributed by atoms with Crippen molar-refractivity contribution in [2.24, 2.45) is 13.0 Å². The number of carboxylic acid groups (broad SMARTS) is 1. The molecular formula is C11H17N3O3. The molecule has 1 amide bonds. The molecule has 0 spiro atoms. The molecule has 17 heavy (non-hydrogen) atoms. The third kappa shape index (κ3) is 3.58. The number of carboxylic acids is 1. The number of rotatable bonds is 5. The van der Waals surface area contributed by atoms with Gasteiger partial charge in [0.05, 0.1) is 0 Å². The van der Waals surface area contributed by atoms with Gasteiger partial charge in [-0.3, -0.25) is 9.48 Å². The summed E-state index contributed by atoms with van der Waals surface area (Å²) < 4.78 is 1.41. The van der Waals surface area contributed by atoms with Crippen LogP contribution in [0.5, 0.6) is 0 Å². The first-order valence-corrected chi connectivity index (χ1v) is 5.43. The van der Waals surface area contributed by atoms with Gasteiger partial charge in [-0.25, -0.2) is 4.79 Å². The third-order valence-electron chi connectivity index (χ3n) is 2.36. The van der Waals surface area contributed by atoms with Crippen molar-refractivity contribution >= 4 is 11.9 Å². The van der Waals surface area contributed by atoms with Crippen molar-refractivity contribution in [2.45, 2.75) is 26.3 Å². The van der Waals surface area contributed by atoms with Gasteiger partial charge in [0.1, 0.15) is 11.7 Å². The summed E-state index contributed by atoms with van der Waals surface area (Å²) in [5.41, 5.74) is 0.347. The van der Waals surface area contributed by atoms with Crippen LogP contribution < -0.4 is 5.32 Å². The number of nitrogens with one attached hydrogen (secondary N) is 1. The quantitative estimate of drug-likeness (QED) is 0.790. The van der Waals surface area contributed by atoms with Crippen molar-refractivity contribution in [1.82, 2.24) is 15.1 Å². The van der Waals surface area contributed by atoms with E-state index in [1.165, 1.54) is 10.9 Å². The molecule has 0 aromatic carbocycles. The molecule has 1 aromatic rings. The normalized spacial score (nSPS) is 12.5. The number of carbonyl (C=O) groups is 2.